The molecule has 0 spiro atoms. The van der Waals surface area contributed by atoms with Crippen molar-refractivity contribution in [2.24, 2.45) is 5.92 Å². The second-order valence-corrected chi connectivity index (χ2v) is 6.86. The van der Waals surface area contributed by atoms with E-state index in [0.717, 1.165) is 18.5 Å². The molecule has 0 radical (unpaired) electrons. The molecule has 0 fully saturated rings. The zero-order chi connectivity index (χ0) is 19.3. The van der Waals surface area contributed by atoms with Crippen molar-refractivity contribution in [2.75, 3.05) is 12.4 Å². The molecule has 0 aliphatic carbocycles. The van der Waals surface area contributed by atoms with E-state index in [2.05, 4.69) is 31.4 Å². The molecule has 1 aliphatic rings. The highest BCUT2D eigenvalue weighted by Gasteiger charge is 2.55. The average Bonchev–Trinajstić information content (AvgIpc) is 2.99. The predicted molar refractivity (Wildman–Crippen MR) is 86.9 cm³/mol. The van der Waals surface area contributed by atoms with Crippen LogP contribution in [0.25, 0.3) is 0 Å². The first-order valence-electron chi connectivity index (χ1n) is 7.42. The molecule has 11 heteroatoms. The number of ether oxygens (including phenoxy) is 1. The van der Waals surface area contributed by atoms with Crippen LogP contribution in [-0.2, 0) is 21.4 Å². The molecular weight excluding hydrogens is 421 g/mol. The van der Waals surface area contributed by atoms with Gasteiger partial charge in [0.05, 0.1) is 13.2 Å². The summed E-state index contributed by atoms with van der Waals surface area (Å²) < 4.78 is 45.7. The molecule has 0 bridgehead atoms. The van der Waals surface area contributed by atoms with Crippen molar-refractivity contribution in [2.45, 2.75) is 24.9 Å². The number of hydrogen-bond acceptors (Lipinski definition) is 6. The van der Waals surface area contributed by atoms with E-state index in [1.165, 1.54) is 0 Å². The summed E-state index contributed by atoms with van der Waals surface area (Å²) in [6.07, 6.45) is -4.86. The van der Waals surface area contributed by atoms with Gasteiger partial charge in [0.25, 0.3) is 0 Å². The Hall–Kier alpha value is -2.14. The van der Waals surface area contributed by atoms with Crippen LogP contribution in [0.3, 0.4) is 0 Å². The van der Waals surface area contributed by atoms with E-state index in [-0.39, 0.29) is 5.95 Å². The molecule has 0 unspecified atom stereocenters. The highest BCUT2D eigenvalue weighted by molar-refractivity contribution is 9.10. The maximum absolute atomic E-state index is 13.2. The maximum atomic E-state index is 13.2. The third kappa shape index (κ3) is 2.94. The first-order valence-corrected chi connectivity index (χ1v) is 8.22. The number of benzene rings is 1. The third-order valence-electron chi connectivity index (χ3n) is 4.26. The van der Waals surface area contributed by atoms with Crippen LogP contribution >= 0.6 is 15.9 Å². The quantitative estimate of drug-likeness (QED) is 0.706. The molecule has 2 aromatic rings. The molecular formula is C15H14BrF3N4O3. The fourth-order valence-electron chi connectivity index (χ4n) is 3.10. The second-order valence-electron chi connectivity index (χ2n) is 5.95. The first-order chi connectivity index (χ1) is 12.1. The number of esters is 1. The molecule has 1 aromatic carbocycles. The van der Waals surface area contributed by atoms with Gasteiger partial charge in [0, 0.05) is 4.47 Å². The van der Waals surface area contributed by atoms with Gasteiger partial charge in [-0.25, -0.2) is 0 Å². The molecule has 140 valence electrons. The van der Waals surface area contributed by atoms with Crippen molar-refractivity contribution >= 4 is 27.8 Å². The van der Waals surface area contributed by atoms with Gasteiger partial charge in [-0.2, -0.15) is 13.2 Å². The predicted octanol–water partition coefficient (Wildman–Crippen LogP) is 2.68. The van der Waals surface area contributed by atoms with Crippen LogP contribution in [0.1, 0.15) is 24.4 Å². The number of hydrogen-bond donors (Lipinski definition) is 2. The van der Waals surface area contributed by atoms with Crippen LogP contribution in [-0.4, -0.2) is 33.0 Å². The zero-order valence-corrected chi connectivity index (χ0v) is 15.2. The van der Waals surface area contributed by atoms with Gasteiger partial charge in [-0.15, -0.1) is 10.2 Å². The summed E-state index contributed by atoms with van der Waals surface area (Å²) in [4.78, 5) is 12.4. The number of aliphatic hydroxyl groups is 1. The van der Waals surface area contributed by atoms with Gasteiger partial charge >= 0.3 is 12.1 Å². The lowest BCUT2D eigenvalue weighted by molar-refractivity contribution is -0.179. The van der Waals surface area contributed by atoms with E-state index < -0.39 is 35.7 Å². The van der Waals surface area contributed by atoms with Gasteiger partial charge in [-0.1, -0.05) is 28.1 Å². The standard InChI is InChI=1S/C15H14BrF3N4O3/c1-14(25)9(11(24)26-2)10(7-3-5-8(16)6-4-7)20-13-22-21-12(23(13)14)15(17,18)19/h3-6,9-10,25H,1-2H3,(H,20,22)/t9-,10-,14+/m0/s1. The number of carbonyl (C=O) groups excluding carboxylic acids is 1. The molecule has 3 rings (SSSR count). The molecule has 7 nitrogen and oxygen atoms in total. The average molecular weight is 435 g/mol. The minimum absolute atomic E-state index is 0.296. The van der Waals surface area contributed by atoms with Crippen LogP contribution in [0.2, 0.25) is 0 Å². The number of nitrogens with one attached hydrogen (secondary N) is 1. The number of rotatable bonds is 2. The number of fused-ring (bicyclic) bond motifs is 1. The summed E-state index contributed by atoms with van der Waals surface area (Å²) >= 11 is 3.29. The van der Waals surface area contributed by atoms with E-state index in [0.29, 0.717) is 10.1 Å². The summed E-state index contributed by atoms with van der Waals surface area (Å²) in [6.45, 7) is 1.10. The third-order valence-corrected chi connectivity index (χ3v) is 4.79. The Kier molecular flexibility index (Phi) is 4.47. The lowest BCUT2D eigenvalue weighted by atomic mass is 9.83. The van der Waals surface area contributed by atoms with Crippen molar-refractivity contribution in [1.29, 1.82) is 0 Å². The zero-order valence-electron chi connectivity index (χ0n) is 13.6. The van der Waals surface area contributed by atoms with Crippen LogP contribution in [0.15, 0.2) is 28.7 Å². The second kappa shape index (κ2) is 6.23. The molecule has 2 heterocycles. The molecule has 0 saturated carbocycles. The van der Waals surface area contributed by atoms with Crippen LogP contribution < -0.4 is 5.32 Å². The molecule has 0 amide bonds. The highest BCUT2D eigenvalue weighted by Crippen LogP contribution is 2.45. The Morgan fingerprint density at radius 1 is 1.35 bits per heavy atom. The number of aromatic nitrogens is 3. The molecule has 1 aromatic heterocycles. The smallest absolute Gasteiger partial charge is 0.451 e. The topological polar surface area (TPSA) is 89.3 Å². The van der Waals surface area contributed by atoms with Crippen molar-refractivity contribution in [1.82, 2.24) is 14.8 Å². The lowest BCUT2D eigenvalue weighted by Gasteiger charge is -2.42. The normalized spacial score (nSPS) is 25.3. The van der Waals surface area contributed by atoms with Crippen molar-refractivity contribution in [3.8, 4) is 0 Å². The molecule has 3 atom stereocenters. The fourth-order valence-corrected chi connectivity index (χ4v) is 3.36. The van der Waals surface area contributed by atoms with Crippen molar-refractivity contribution in [3.05, 3.63) is 40.1 Å². The minimum Gasteiger partial charge on any atom is -0.469 e. The van der Waals surface area contributed by atoms with Crippen LogP contribution in [0.5, 0.6) is 0 Å². The Morgan fingerprint density at radius 2 is 1.96 bits per heavy atom. The minimum atomic E-state index is -4.86. The summed E-state index contributed by atoms with van der Waals surface area (Å²) in [7, 11) is 1.10. The lowest BCUT2D eigenvalue weighted by Crippen LogP contribution is -2.52. The van der Waals surface area contributed by atoms with Crippen molar-refractivity contribution < 1.29 is 27.8 Å². The van der Waals surface area contributed by atoms with Gasteiger partial charge in [-0.05, 0) is 24.6 Å². The summed E-state index contributed by atoms with van der Waals surface area (Å²) in [5.41, 5.74) is -1.72. The Bertz CT molecular complexity index is 836. The molecule has 2 N–H and O–H groups in total. The number of carbonyl (C=O) groups is 1. The number of methoxy groups -OCH3 is 1. The SMILES string of the molecule is COC(=O)[C@@H]1[C@H](c2ccc(Br)cc2)Nc2nnc(C(F)(F)F)n2[C@]1(C)O. The first kappa shape index (κ1) is 18.6. The van der Waals surface area contributed by atoms with Gasteiger partial charge < -0.3 is 15.2 Å². The van der Waals surface area contributed by atoms with E-state index in [1.54, 1.807) is 24.3 Å². The summed E-state index contributed by atoms with van der Waals surface area (Å²) in [6, 6.07) is 5.89. The monoisotopic (exact) mass is 434 g/mol. The van der Waals surface area contributed by atoms with Gasteiger partial charge in [-0.3, -0.25) is 9.36 Å². The van der Waals surface area contributed by atoms with Crippen molar-refractivity contribution in [3.63, 3.8) is 0 Å². The number of alkyl halides is 3. The summed E-state index contributed by atoms with van der Waals surface area (Å²) in [5.74, 6) is -3.95. The van der Waals surface area contributed by atoms with E-state index in [1.807, 2.05) is 0 Å². The Balaban J connectivity index is 2.18. The number of nitrogens with zero attached hydrogens (tertiary/aromatic N) is 3. The van der Waals surface area contributed by atoms with E-state index in [4.69, 9.17) is 4.74 Å². The molecule has 1 aliphatic heterocycles. The van der Waals surface area contributed by atoms with Gasteiger partial charge in [0.15, 0.2) is 5.72 Å². The largest absolute Gasteiger partial charge is 0.469 e. The summed E-state index contributed by atoms with van der Waals surface area (Å²) in [5, 5.41) is 20.3. The van der Waals surface area contributed by atoms with Gasteiger partial charge in [0.1, 0.15) is 5.92 Å². The van der Waals surface area contributed by atoms with Gasteiger partial charge in [0.2, 0.25) is 11.8 Å². The van der Waals surface area contributed by atoms with E-state index in [9.17, 15) is 23.1 Å². The van der Waals surface area contributed by atoms with E-state index >= 15 is 0 Å². The Morgan fingerprint density at radius 3 is 2.50 bits per heavy atom. The highest BCUT2D eigenvalue weighted by atomic mass is 79.9. The maximum Gasteiger partial charge on any atom is 0.451 e. The fraction of sp³-hybridized carbons (Fsp3) is 0.400. The Labute approximate surface area is 154 Å². The van der Waals surface area contributed by atoms with Crippen LogP contribution in [0, 0.1) is 5.92 Å². The molecule has 0 saturated heterocycles. The molecule has 26 heavy (non-hydrogen) atoms. The number of halogens is 4. The van der Waals surface area contributed by atoms with Crippen LogP contribution in [0.4, 0.5) is 19.1 Å². The number of anilines is 1.